The monoisotopic (exact) mass is 318 g/mol. The molecule has 0 aliphatic rings. The van der Waals surface area contributed by atoms with E-state index >= 15 is 0 Å². The maximum atomic E-state index is 12.7. The number of hydrogen-bond acceptors (Lipinski definition) is 2. The van der Waals surface area contributed by atoms with E-state index in [1.165, 1.54) is 0 Å². The lowest BCUT2D eigenvalue weighted by Gasteiger charge is -2.12. The van der Waals surface area contributed by atoms with Gasteiger partial charge in [-0.3, -0.25) is 4.79 Å². The third-order valence-corrected chi connectivity index (χ3v) is 3.95. The van der Waals surface area contributed by atoms with Crippen molar-refractivity contribution in [3.63, 3.8) is 0 Å². The number of carbonyl (C=O) groups excluding carboxylic acids is 1. The molecule has 3 nitrogen and oxygen atoms in total. The standard InChI is InChI=1S/C21H22N2O/c1-14(2)13-22-21(24)18-12-20(16-7-5-4-6-8-16)23-19-10-9-15(3)11-17(18)19/h4-12,14H,13H2,1-3H3,(H,22,24). The molecule has 0 unspecified atom stereocenters. The lowest BCUT2D eigenvalue weighted by Crippen LogP contribution is -2.27. The first kappa shape index (κ1) is 16.2. The molecule has 0 bridgehead atoms. The van der Waals surface area contributed by atoms with Gasteiger partial charge in [0.2, 0.25) is 0 Å². The third kappa shape index (κ3) is 3.46. The number of amides is 1. The molecule has 3 aromatic rings. The summed E-state index contributed by atoms with van der Waals surface area (Å²) in [5.41, 5.74) is 4.48. The molecule has 122 valence electrons. The number of nitrogens with zero attached hydrogens (tertiary/aromatic N) is 1. The van der Waals surface area contributed by atoms with E-state index in [-0.39, 0.29) is 5.91 Å². The number of hydrogen-bond donors (Lipinski definition) is 1. The fraction of sp³-hybridized carbons (Fsp3) is 0.238. The molecule has 0 fully saturated rings. The molecule has 0 saturated heterocycles. The molecule has 0 aliphatic heterocycles. The molecule has 1 amide bonds. The lowest BCUT2D eigenvalue weighted by molar-refractivity contribution is 0.0950. The van der Waals surface area contributed by atoms with Gasteiger partial charge in [0.05, 0.1) is 16.8 Å². The number of benzene rings is 2. The number of aryl methyl sites for hydroxylation is 1. The summed E-state index contributed by atoms with van der Waals surface area (Å²) in [7, 11) is 0. The molecule has 24 heavy (non-hydrogen) atoms. The summed E-state index contributed by atoms with van der Waals surface area (Å²) in [4.78, 5) is 17.5. The summed E-state index contributed by atoms with van der Waals surface area (Å²) in [6.07, 6.45) is 0. The molecule has 0 spiro atoms. The van der Waals surface area contributed by atoms with Crippen molar-refractivity contribution in [3.05, 3.63) is 65.7 Å². The smallest absolute Gasteiger partial charge is 0.252 e. The van der Waals surface area contributed by atoms with Gasteiger partial charge < -0.3 is 5.32 Å². The molecule has 0 atom stereocenters. The number of pyridine rings is 1. The van der Waals surface area contributed by atoms with Crippen molar-refractivity contribution in [2.24, 2.45) is 5.92 Å². The molecule has 1 N–H and O–H groups in total. The van der Waals surface area contributed by atoms with Gasteiger partial charge in [0, 0.05) is 17.5 Å². The fourth-order valence-electron chi connectivity index (χ4n) is 2.68. The Balaban J connectivity index is 2.13. The SMILES string of the molecule is Cc1ccc2nc(-c3ccccc3)cc(C(=O)NCC(C)C)c2c1. The highest BCUT2D eigenvalue weighted by molar-refractivity contribution is 6.07. The van der Waals surface area contributed by atoms with Crippen molar-refractivity contribution in [2.45, 2.75) is 20.8 Å². The van der Waals surface area contributed by atoms with Gasteiger partial charge in [-0.15, -0.1) is 0 Å². The van der Waals surface area contributed by atoms with Crippen molar-refractivity contribution in [2.75, 3.05) is 6.54 Å². The average molecular weight is 318 g/mol. The van der Waals surface area contributed by atoms with E-state index in [1.807, 2.05) is 61.5 Å². The van der Waals surface area contributed by atoms with E-state index in [2.05, 4.69) is 19.2 Å². The van der Waals surface area contributed by atoms with E-state index < -0.39 is 0 Å². The van der Waals surface area contributed by atoms with Crippen LogP contribution in [0.5, 0.6) is 0 Å². The first-order chi connectivity index (χ1) is 11.5. The molecule has 0 radical (unpaired) electrons. The Hall–Kier alpha value is -2.68. The number of nitrogens with one attached hydrogen (secondary N) is 1. The minimum atomic E-state index is -0.0427. The summed E-state index contributed by atoms with van der Waals surface area (Å²) in [6.45, 7) is 6.87. The predicted molar refractivity (Wildman–Crippen MR) is 99.1 cm³/mol. The molecule has 1 heterocycles. The number of carbonyl (C=O) groups is 1. The van der Waals surface area contributed by atoms with Crippen LogP contribution in [0.25, 0.3) is 22.2 Å². The molecular formula is C21H22N2O. The van der Waals surface area contributed by atoms with Crippen molar-refractivity contribution >= 4 is 16.8 Å². The Bertz CT molecular complexity index is 870. The largest absolute Gasteiger partial charge is 0.352 e. The molecule has 3 rings (SSSR count). The predicted octanol–water partition coefficient (Wildman–Crippen LogP) is 4.60. The van der Waals surface area contributed by atoms with E-state index in [9.17, 15) is 4.79 Å². The highest BCUT2D eigenvalue weighted by Crippen LogP contribution is 2.25. The van der Waals surface area contributed by atoms with Crippen LogP contribution >= 0.6 is 0 Å². The Morgan fingerprint density at radius 1 is 1.08 bits per heavy atom. The summed E-state index contributed by atoms with van der Waals surface area (Å²) in [5.74, 6) is 0.372. The second-order valence-electron chi connectivity index (χ2n) is 6.55. The van der Waals surface area contributed by atoms with E-state index in [0.29, 0.717) is 18.0 Å². The van der Waals surface area contributed by atoms with Gasteiger partial charge in [0.1, 0.15) is 0 Å². The number of fused-ring (bicyclic) bond motifs is 1. The van der Waals surface area contributed by atoms with Crippen LogP contribution in [0.1, 0.15) is 29.8 Å². The van der Waals surface area contributed by atoms with E-state index in [1.54, 1.807) is 0 Å². The van der Waals surface area contributed by atoms with Gasteiger partial charge in [0.25, 0.3) is 5.91 Å². The van der Waals surface area contributed by atoms with Crippen LogP contribution in [0.3, 0.4) is 0 Å². The molecule has 2 aromatic carbocycles. The summed E-state index contributed by atoms with van der Waals surface area (Å²) >= 11 is 0. The van der Waals surface area contributed by atoms with E-state index in [4.69, 9.17) is 4.98 Å². The van der Waals surface area contributed by atoms with Crippen molar-refractivity contribution in [1.82, 2.24) is 10.3 Å². The van der Waals surface area contributed by atoms with Crippen LogP contribution in [0, 0.1) is 12.8 Å². The highest BCUT2D eigenvalue weighted by atomic mass is 16.1. The van der Waals surface area contributed by atoms with Crippen LogP contribution in [0.15, 0.2) is 54.6 Å². The average Bonchev–Trinajstić information content (AvgIpc) is 2.59. The summed E-state index contributed by atoms with van der Waals surface area (Å²) < 4.78 is 0. The zero-order valence-corrected chi connectivity index (χ0v) is 14.3. The Labute approximate surface area is 142 Å². The number of rotatable bonds is 4. The minimum absolute atomic E-state index is 0.0427. The molecular weight excluding hydrogens is 296 g/mol. The second-order valence-corrected chi connectivity index (χ2v) is 6.55. The first-order valence-electron chi connectivity index (χ1n) is 8.29. The molecule has 3 heteroatoms. The van der Waals surface area contributed by atoms with Gasteiger partial charge in [-0.2, -0.15) is 0 Å². The Kier molecular flexibility index (Phi) is 4.61. The zero-order chi connectivity index (χ0) is 17.1. The highest BCUT2D eigenvalue weighted by Gasteiger charge is 2.14. The summed E-state index contributed by atoms with van der Waals surface area (Å²) in [5, 5.41) is 3.92. The first-order valence-corrected chi connectivity index (χ1v) is 8.29. The van der Waals surface area contributed by atoms with Crippen LogP contribution in [-0.4, -0.2) is 17.4 Å². The van der Waals surface area contributed by atoms with E-state index in [0.717, 1.165) is 27.7 Å². The Morgan fingerprint density at radius 3 is 2.54 bits per heavy atom. The van der Waals surface area contributed by atoms with Crippen molar-refractivity contribution < 1.29 is 4.79 Å². The van der Waals surface area contributed by atoms with Gasteiger partial charge >= 0.3 is 0 Å². The third-order valence-electron chi connectivity index (χ3n) is 3.95. The van der Waals surface area contributed by atoms with Gasteiger partial charge in [-0.1, -0.05) is 55.8 Å². The van der Waals surface area contributed by atoms with Crippen molar-refractivity contribution in [1.29, 1.82) is 0 Å². The maximum absolute atomic E-state index is 12.7. The lowest BCUT2D eigenvalue weighted by atomic mass is 10.0. The van der Waals surface area contributed by atoms with Crippen LogP contribution in [0.4, 0.5) is 0 Å². The minimum Gasteiger partial charge on any atom is -0.352 e. The molecule has 0 aliphatic carbocycles. The van der Waals surface area contributed by atoms with Crippen LogP contribution in [-0.2, 0) is 0 Å². The topological polar surface area (TPSA) is 42.0 Å². The quantitative estimate of drug-likeness (QED) is 0.764. The molecule has 0 saturated carbocycles. The Morgan fingerprint density at radius 2 is 1.83 bits per heavy atom. The second kappa shape index (κ2) is 6.83. The summed E-state index contributed by atoms with van der Waals surface area (Å²) in [6, 6.07) is 17.9. The number of aromatic nitrogens is 1. The van der Waals surface area contributed by atoms with Gasteiger partial charge in [-0.25, -0.2) is 4.98 Å². The molecule has 1 aromatic heterocycles. The fourth-order valence-corrected chi connectivity index (χ4v) is 2.68. The van der Waals surface area contributed by atoms with Gasteiger partial charge in [0.15, 0.2) is 0 Å². The van der Waals surface area contributed by atoms with Crippen molar-refractivity contribution in [3.8, 4) is 11.3 Å². The zero-order valence-electron chi connectivity index (χ0n) is 14.3. The van der Waals surface area contributed by atoms with Crippen LogP contribution < -0.4 is 5.32 Å². The maximum Gasteiger partial charge on any atom is 0.252 e. The van der Waals surface area contributed by atoms with Gasteiger partial charge in [-0.05, 0) is 31.0 Å². The van der Waals surface area contributed by atoms with Crippen LogP contribution in [0.2, 0.25) is 0 Å². The normalized spacial score (nSPS) is 11.0.